The Bertz CT molecular complexity index is 1260. The molecule has 2 heteroatoms. The average Bonchev–Trinajstić information content (AvgIpc) is 2.88. The van der Waals surface area contributed by atoms with Crippen LogP contribution >= 0.6 is 0 Å². The summed E-state index contributed by atoms with van der Waals surface area (Å²) >= 11 is 0. The zero-order valence-corrected chi connectivity index (χ0v) is 30.2. The van der Waals surface area contributed by atoms with E-state index >= 15 is 0 Å². The molecule has 0 amide bonds. The number of benzene rings is 3. The van der Waals surface area contributed by atoms with Crippen molar-refractivity contribution in [3.63, 3.8) is 0 Å². The van der Waals surface area contributed by atoms with Crippen LogP contribution in [0.5, 0.6) is 0 Å². The lowest BCUT2D eigenvalue weighted by Gasteiger charge is -2.31. The van der Waals surface area contributed by atoms with E-state index in [-0.39, 0.29) is 39.5 Å². The molecule has 3 aromatic rings. The van der Waals surface area contributed by atoms with Gasteiger partial charge < -0.3 is 11.5 Å². The number of hydrogen-bond acceptors (Lipinski definition) is 2. The zero-order valence-electron chi connectivity index (χ0n) is 30.2. The summed E-state index contributed by atoms with van der Waals surface area (Å²) < 4.78 is 0. The van der Waals surface area contributed by atoms with Gasteiger partial charge in [0.2, 0.25) is 0 Å². The van der Waals surface area contributed by atoms with Gasteiger partial charge in [0.15, 0.2) is 0 Å². The standard InChI is InChI=1S/C41H62N2/c1-25-16-34(26(2)28-18-30(38(4,5)6)22-31(19-28)39(7,8)9)37(36(43)24-42)35(17-25)27(3)29-20-32(40(10,11)12)23-33(21-29)41(13,14)15/h16-23,26-27,36H,24,42-43H2,1-15H3. The molecule has 3 aromatic carbocycles. The van der Waals surface area contributed by atoms with E-state index in [1.54, 1.807) is 0 Å². The first-order valence-electron chi connectivity index (χ1n) is 16.4. The van der Waals surface area contributed by atoms with Crippen molar-refractivity contribution in [1.29, 1.82) is 0 Å². The van der Waals surface area contributed by atoms with E-state index in [0.29, 0.717) is 6.54 Å². The van der Waals surface area contributed by atoms with E-state index in [9.17, 15) is 0 Å². The van der Waals surface area contributed by atoms with Gasteiger partial charge in [0.1, 0.15) is 0 Å². The predicted molar refractivity (Wildman–Crippen MR) is 190 cm³/mol. The molecule has 0 aliphatic carbocycles. The molecule has 0 aliphatic rings. The van der Waals surface area contributed by atoms with Crippen molar-refractivity contribution < 1.29 is 0 Å². The first kappa shape index (κ1) is 35.1. The van der Waals surface area contributed by atoms with Crippen LogP contribution in [0.15, 0.2) is 48.5 Å². The molecule has 4 N–H and O–H groups in total. The van der Waals surface area contributed by atoms with Crippen LogP contribution in [0.1, 0.15) is 170 Å². The third kappa shape index (κ3) is 8.00. The van der Waals surface area contributed by atoms with Crippen molar-refractivity contribution in [2.45, 2.75) is 143 Å². The molecule has 0 aromatic heterocycles. The first-order chi connectivity index (χ1) is 19.4. The summed E-state index contributed by atoms with van der Waals surface area (Å²) in [5.41, 5.74) is 26.8. The highest BCUT2D eigenvalue weighted by atomic mass is 14.7. The predicted octanol–water partition coefficient (Wildman–Crippen LogP) is 10.4. The lowest BCUT2D eigenvalue weighted by atomic mass is 9.74. The topological polar surface area (TPSA) is 52.0 Å². The summed E-state index contributed by atoms with van der Waals surface area (Å²) in [5, 5.41) is 0. The van der Waals surface area contributed by atoms with Gasteiger partial charge in [-0.1, -0.05) is 151 Å². The monoisotopic (exact) mass is 582 g/mol. The van der Waals surface area contributed by atoms with Crippen molar-refractivity contribution >= 4 is 0 Å². The summed E-state index contributed by atoms with van der Waals surface area (Å²) in [4.78, 5) is 0. The van der Waals surface area contributed by atoms with E-state index in [1.165, 1.54) is 55.6 Å². The molecule has 2 nitrogen and oxygen atoms in total. The van der Waals surface area contributed by atoms with Crippen LogP contribution in [0, 0.1) is 6.92 Å². The highest BCUT2D eigenvalue weighted by molar-refractivity contribution is 5.52. The second kappa shape index (κ2) is 12.2. The van der Waals surface area contributed by atoms with Gasteiger partial charge in [-0.3, -0.25) is 0 Å². The fourth-order valence-electron chi connectivity index (χ4n) is 6.01. The molecule has 0 radical (unpaired) electrons. The number of hydrogen-bond donors (Lipinski definition) is 2. The lowest BCUT2D eigenvalue weighted by Crippen LogP contribution is -2.25. The molecular weight excluding hydrogens is 520 g/mol. The quantitative estimate of drug-likeness (QED) is 0.304. The molecule has 0 saturated heterocycles. The van der Waals surface area contributed by atoms with E-state index < -0.39 is 0 Å². The van der Waals surface area contributed by atoms with Crippen LogP contribution in [-0.4, -0.2) is 6.54 Å². The van der Waals surface area contributed by atoms with Crippen molar-refractivity contribution in [3.05, 3.63) is 104 Å². The Balaban J connectivity index is 2.33. The molecular formula is C41H62N2. The minimum atomic E-state index is -0.240. The Morgan fingerprint density at radius 3 is 1.02 bits per heavy atom. The molecule has 0 fully saturated rings. The Morgan fingerprint density at radius 1 is 0.512 bits per heavy atom. The summed E-state index contributed by atoms with van der Waals surface area (Å²) in [6.07, 6.45) is 0. The highest BCUT2D eigenvalue weighted by Crippen LogP contribution is 2.41. The lowest BCUT2D eigenvalue weighted by molar-refractivity contribution is 0.565. The maximum atomic E-state index is 6.95. The van der Waals surface area contributed by atoms with E-state index in [2.05, 4.69) is 152 Å². The molecule has 3 rings (SSSR count). The zero-order chi connectivity index (χ0) is 32.9. The van der Waals surface area contributed by atoms with E-state index in [1.807, 2.05) is 0 Å². The van der Waals surface area contributed by atoms with Gasteiger partial charge in [-0.25, -0.2) is 0 Å². The Morgan fingerprint density at radius 2 is 0.791 bits per heavy atom. The maximum Gasteiger partial charge on any atom is 0.0425 e. The van der Waals surface area contributed by atoms with Crippen LogP contribution in [0.2, 0.25) is 0 Å². The largest absolute Gasteiger partial charge is 0.329 e. The van der Waals surface area contributed by atoms with E-state index in [0.717, 1.165) is 0 Å². The van der Waals surface area contributed by atoms with Crippen LogP contribution in [0.25, 0.3) is 0 Å². The molecule has 0 heterocycles. The van der Waals surface area contributed by atoms with Gasteiger partial charge >= 0.3 is 0 Å². The second-order valence-electron chi connectivity index (χ2n) is 17.3. The van der Waals surface area contributed by atoms with Gasteiger partial charge in [0.05, 0.1) is 0 Å². The van der Waals surface area contributed by atoms with Gasteiger partial charge in [-0.2, -0.15) is 0 Å². The number of aryl methyl sites for hydroxylation is 1. The van der Waals surface area contributed by atoms with Crippen molar-refractivity contribution in [1.82, 2.24) is 0 Å². The Kier molecular flexibility index (Phi) is 9.92. The summed E-state index contributed by atoms with van der Waals surface area (Å²) in [7, 11) is 0. The third-order valence-electron chi connectivity index (χ3n) is 9.32. The molecule has 43 heavy (non-hydrogen) atoms. The van der Waals surface area contributed by atoms with Crippen molar-refractivity contribution in [2.24, 2.45) is 11.5 Å². The molecule has 3 unspecified atom stereocenters. The summed E-state index contributed by atoms with van der Waals surface area (Å²) in [6.45, 7) is 35.0. The smallest absolute Gasteiger partial charge is 0.0425 e. The molecule has 0 spiro atoms. The molecule has 0 saturated carbocycles. The van der Waals surface area contributed by atoms with Crippen LogP contribution in [0.3, 0.4) is 0 Å². The number of rotatable bonds is 6. The summed E-state index contributed by atoms with van der Waals surface area (Å²) in [6, 6.07) is 19.0. The Labute approximate surface area is 265 Å². The normalized spacial score (nSPS) is 15.4. The SMILES string of the molecule is Cc1cc(C(C)c2cc(C(C)(C)C)cc(C(C)(C)C)c2)c(C(N)CN)c(C(C)c2cc(C(C)(C)C)cc(C(C)(C)C)c2)c1. The molecule has 0 bridgehead atoms. The first-order valence-corrected chi connectivity index (χ1v) is 16.4. The molecule has 3 atom stereocenters. The second-order valence-corrected chi connectivity index (χ2v) is 17.3. The van der Waals surface area contributed by atoms with Gasteiger partial charge in [-0.15, -0.1) is 0 Å². The summed E-state index contributed by atoms with van der Waals surface area (Å²) in [5.74, 6) is 0.348. The average molecular weight is 583 g/mol. The molecule has 0 aliphatic heterocycles. The van der Waals surface area contributed by atoms with Gasteiger partial charge in [-0.05, 0) is 78.7 Å². The minimum absolute atomic E-state index is 0.0569. The van der Waals surface area contributed by atoms with Crippen LogP contribution in [-0.2, 0) is 21.7 Å². The maximum absolute atomic E-state index is 6.95. The fraction of sp³-hybridized carbons (Fsp3) is 0.561. The minimum Gasteiger partial charge on any atom is -0.329 e. The van der Waals surface area contributed by atoms with E-state index in [4.69, 9.17) is 11.5 Å². The van der Waals surface area contributed by atoms with Crippen LogP contribution in [0.4, 0.5) is 0 Å². The van der Waals surface area contributed by atoms with Gasteiger partial charge in [0.25, 0.3) is 0 Å². The Hall–Kier alpha value is -2.42. The highest BCUT2D eigenvalue weighted by Gasteiger charge is 2.28. The van der Waals surface area contributed by atoms with Crippen LogP contribution < -0.4 is 11.5 Å². The molecule has 236 valence electrons. The van der Waals surface area contributed by atoms with Crippen molar-refractivity contribution in [3.8, 4) is 0 Å². The van der Waals surface area contributed by atoms with Gasteiger partial charge in [0, 0.05) is 24.4 Å². The van der Waals surface area contributed by atoms with Crippen molar-refractivity contribution in [2.75, 3.05) is 6.54 Å². The number of nitrogens with two attached hydrogens (primary N) is 2. The fourth-order valence-corrected chi connectivity index (χ4v) is 6.01. The third-order valence-corrected chi connectivity index (χ3v) is 9.32.